The highest BCUT2D eigenvalue weighted by atomic mass is 19.1. The van der Waals surface area contributed by atoms with Crippen LogP contribution in [0, 0.1) is 11.7 Å². The molecule has 9 nitrogen and oxygen atoms in total. The van der Waals surface area contributed by atoms with Gasteiger partial charge in [-0.2, -0.15) is 0 Å². The minimum Gasteiger partial charge on any atom is -0.477 e. The Morgan fingerprint density at radius 2 is 1.85 bits per heavy atom. The number of nitrogens with zero attached hydrogens (tertiary/aromatic N) is 5. The summed E-state index contributed by atoms with van der Waals surface area (Å²) in [6.07, 6.45) is 4.81. The fourth-order valence-corrected chi connectivity index (χ4v) is 5.02. The summed E-state index contributed by atoms with van der Waals surface area (Å²) < 4.78 is 17.2. The standard InChI is InChI=1S/C31H28FN5O4/c32-26-13-24-28(38)25(31(39)40)17-37(23-11-12-23)29(24)34-30(26)36-16-22(15-33-14-20-7-3-1-4-8-20)27(18-36)35-41-19-21-9-5-2-6-10-21/h1-10,13-14,17,22-23H,11-12,15-16,18-19H2,(H,39,40)/b33-14?,35-27+. The van der Waals surface area contributed by atoms with E-state index >= 15 is 4.39 Å². The van der Waals surface area contributed by atoms with E-state index in [1.807, 2.05) is 60.7 Å². The molecule has 10 heteroatoms. The molecule has 2 aromatic heterocycles. The lowest BCUT2D eigenvalue weighted by atomic mass is 10.1. The molecule has 6 rings (SSSR count). The van der Waals surface area contributed by atoms with Gasteiger partial charge in [0.1, 0.15) is 17.8 Å². The van der Waals surface area contributed by atoms with Gasteiger partial charge in [0.15, 0.2) is 11.6 Å². The number of halogens is 1. The van der Waals surface area contributed by atoms with Crippen LogP contribution in [0.4, 0.5) is 10.2 Å². The number of carboxylic acid groups (broad SMARTS) is 1. The topological polar surface area (TPSA) is 109 Å². The molecule has 1 saturated heterocycles. The normalized spacial score (nSPS) is 18.0. The van der Waals surface area contributed by atoms with E-state index in [4.69, 9.17) is 4.84 Å². The van der Waals surface area contributed by atoms with E-state index in [1.54, 1.807) is 15.7 Å². The number of carboxylic acids is 1. The highest BCUT2D eigenvalue weighted by Gasteiger charge is 2.34. The van der Waals surface area contributed by atoms with E-state index in [0.717, 1.165) is 30.0 Å². The molecule has 3 heterocycles. The summed E-state index contributed by atoms with van der Waals surface area (Å²) in [7, 11) is 0. The van der Waals surface area contributed by atoms with Gasteiger partial charge >= 0.3 is 5.97 Å². The second-order valence-electron chi connectivity index (χ2n) is 10.3. The first-order valence-corrected chi connectivity index (χ1v) is 13.5. The van der Waals surface area contributed by atoms with Crippen molar-refractivity contribution in [2.45, 2.75) is 25.5 Å². The summed E-state index contributed by atoms with van der Waals surface area (Å²) in [5, 5.41) is 13.9. The van der Waals surface area contributed by atoms with Crippen LogP contribution in [0.1, 0.15) is 40.4 Å². The zero-order chi connectivity index (χ0) is 28.3. The zero-order valence-electron chi connectivity index (χ0n) is 22.2. The lowest BCUT2D eigenvalue weighted by molar-refractivity contribution is 0.0695. The third-order valence-corrected chi connectivity index (χ3v) is 7.30. The smallest absolute Gasteiger partial charge is 0.341 e. The third-order valence-electron chi connectivity index (χ3n) is 7.30. The summed E-state index contributed by atoms with van der Waals surface area (Å²) in [5.74, 6) is -2.11. The van der Waals surface area contributed by atoms with E-state index in [9.17, 15) is 14.7 Å². The number of rotatable bonds is 9. The van der Waals surface area contributed by atoms with Crippen LogP contribution < -0.4 is 10.3 Å². The van der Waals surface area contributed by atoms with Gasteiger partial charge in [0, 0.05) is 37.5 Å². The van der Waals surface area contributed by atoms with E-state index < -0.39 is 17.2 Å². The maximum atomic E-state index is 15.5. The van der Waals surface area contributed by atoms with Crippen molar-refractivity contribution in [1.29, 1.82) is 0 Å². The molecule has 2 aliphatic rings. The lowest BCUT2D eigenvalue weighted by Gasteiger charge is -2.19. The molecule has 208 valence electrons. The van der Waals surface area contributed by atoms with Gasteiger partial charge in [-0.25, -0.2) is 14.2 Å². The van der Waals surface area contributed by atoms with Gasteiger partial charge in [-0.3, -0.25) is 9.79 Å². The summed E-state index contributed by atoms with van der Waals surface area (Å²) in [6.45, 7) is 1.39. The second-order valence-corrected chi connectivity index (χ2v) is 10.3. The quantitative estimate of drug-likeness (QED) is 0.238. The monoisotopic (exact) mass is 553 g/mol. The van der Waals surface area contributed by atoms with Crippen molar-refractivity contribution in [2.24, 2.45) is 16.1 Å². The molecule has 1 unspecified atom stereocenters. The largest absolute Gasteiger partial charge is 0.477 e. The average Bonchev–Trinajstić information content (AvgIpc) is 3.75. The molecule has 1 aliphatic heterocycles. The number of hydrogen-bond acceptors (Lipinski definition) is 7. The van der Waals surface area contributed by atoms with Crippen molar-refractivity contribution in [1.82, 2.24) is 9.55 Å². The molecule has 0 bridgehead atoms. The van der Waals surface area contributed by atoms with Crippen LogP contribution in [0.3, 0.4) is 0 Å². The van der Waals surface area contributed by atoms with Crippen molar-refractivity contribution in [3.63, 3.8) is 0 Å². The lowest BCUT2D eigenvalue weighted by Crippen LogP contribution is -2.25. The SMILES string of the molecule is O=C(O)c1cn(C2CC2)c2nc(N3C/C(=N\OCc4ccccc4)C(CN=Cc4ccccc4)C3)c(F)cc2c1=O. The van der Waals surface area contributed by atoms with Crippen LogP contribution in [0.2, 0.25) is 0 Å². The Morgan fingerprint density at radius 3 is 2.56 bits per heavy atom. The summed E-state index contributed by atoms with van der Waals surface area (Å²) in [5.41, 5.74) is 1.82. The number of pyridine rings is 2. The molecule has 41 heavy (non-hydrogen) atoms. The van der Waals surface area contributed by atoms with Crippen LogP contribution in [0.25, 0.3) is 11.0 Å². The van der Waals surface area contributed by atoms with Gasteiger partial charge in [-0.05, 0) is 30.0 Å². The van der Waals surface area contributed by atoms with E-state index in [-0.39, 0.29) is 40.9 Å². The van der Waals surface area contributed by atoms with Crippen LogP contribution in [0.5, 0.6) is 0 Å². The number of anilines is 1. The molecule has 1 aliphatic carbocycles. The molecule has 1 atom stereocenters. The van der Waals surface area contributed by atoms with Crippen molar-refractivity contribution in [3.8, 4) is 0 Å². The summed E-state index contributed by atoms with van der Waals surface area (Å²) >= 11 is 0. The van der Waals surface area contributed by atoms with Gasteiger partial charge in [0.25, 0.3) is 0 Å². The number of aromatic carboxylic acids is 1. The Morgan fingerprint density at radius 1 is 1.12 bits per heavy atom. The van der Waals surface area contributed by atoms with Crippen LogP contribution in [-0.4, -0.2) is 52.2 Å². The number of benzene rings is 2. The molecule has 2 fully saturated rings. The first-order valence-electron chi connectivity index (χ1n) is 13.5. The Balaban J connectivity index is 1.31. The Labute approximate surface area is 235 Å². The maximum Gasteiger partial charge on any atom is 0.341 e. The zero-order valence-corrected chi connectivity index (χ0v) is 22.2. The number of oxime groups is 1. The maximum absolute atomic E-state index is 15.5. The predicted molar refractivity (Wildman–Crippen MR) is 154 cm³/mol. The van der Waals surface area contributed by atoms with Crippen molar-refractivity contribution < 1.29 is 19.1 Å². The molecule has 0 spiro atoms. The van der Waals surface area contributed by atoms with Crippen LogP contribution in [-0.2, 0) is 11.4 Å². The van der Waals surface area contributed by atoms with Crippen LogP contribution >= 0.6 is 0 Å². The number of aliphatic imine (C=N–C) groups is 1. The van der Waals surface area contributed by atoms with Gasteiger partial charge in [0.2, 0.25) is 5.43 Å². The van der Waals surface area contributed by atoms with E-state index in [0.29, 0.717) is 25.4 Å². The predicted octanol–water partition coefficient (Wildman–Crippen LogP) is 4.70. The van der Waals surface area contributed by atoms with Gasteiger partial charge in [0.05, 0.1) is 17.6 Å². The van der Waals surface area contributed by atoms with Crippen molar-refractivity contribution in [2.75, 3.05) is 24.5 Å². The van der Waals surface area contributed by atoms with E-state index in [2.05, 4.69) is 15.1 Å². The Bertz CT molecular complexity index is 1700. The number of fused-ring (bicyclic) bond motifs is 1. The molecule has 4 aromatic rings. The van der Waals surface area contributed by atoms with Crippen molar-refractivity contribution >= 4 is 34.7 Å². The Kier molecular flexibility index (Phi) is 7.28. The first kappa shape index (κ1) is 26.4. The fourth-order valence-electron chi connectivity index (χ4n) is 5.02. The third kappa shape index (κ3) is 5.72. The molecule has 0 radical (unpaired) electrons. The average molecular weight is 554 g/mol. The Hall–Kier alpha value is -4.86. The van der Waals surface area contributed by atoms with Gasteiger partial charge in [-0.15, -0.1) is 0 Å². The molecular weight excluding hydrogens is 525 g/mol. The minimum atomic E-state index is -1.34. The number of carbonyl (C=O) groups is 1. The second kappa shape index (κ2) is 11.3. The molecule has 1 N–H and O–H groups in total. The molecule has 1 saturated carbocycles. The highest BCUT2D eigenvalue weighted by Crippen LogP contribution is 2.37. The van der Waals surface area contributed by atoms with Crippen molar-refractivity contribution in [3.05, 3.63) is 106 Å². The fraction of sp³-hybridized carbons (Fsp3) is 0.258. The molecule has 0 amide bonds. The summed E-state index contributed by atoms with van der Waals surface area (Å²) in [4.78, 5) is 41.2. The molecular formula is C31H28FN5O4. The first-order chi connectivity index (χ1) is 20.0. The van der Waals surface area contributed by atoms with Gasteiger partial charge in [-0.1, -0.05) is 65.8 Å². The van der Waals surface area contributed by atoms with E-state index in [1.165, 1.54) is 6.20 Å². The highest BCUT2D eigenvalue weighted by molar-refractivity contribution is 5.95. The van der Waals surface area contributed by atoms with Gasteiger partial charge < -0.3 is 19.4 Å². The number of hydrogen-bond donors (Lipinski definition) is 1. The minimum absolute atomic E-state index is 0.0316. The summed E-state index contributed by atoms with van der Waals surface area (Å²) in [6, 6.07) is 20.6. The van der Waals surface area contributed by atoms with Crippen LogP contribution in [0.15, 0.2) is 87.9 Å². The number of aromatic nitrogens is 2. The molecule has 2 aromatic carbocycles.